The van der Waals surface area contributed by atoms with Gasteiger partial charge in [-0.3, -0.25) is 4.79 Å². The second-order valence-electron chi connectivity index (χ2n) is 5.08. The van der Waals surface area contributed by atoms with Gasteiger partial charge in [-0.15, -0.1) is 0 Å². The molecule has 0 amide bonds. The largest absolute Gasteiger partial charge is 0.480 e. The lowest BCUT2D eigenvalue weighted by molar-refractivity contribution is -0.139. The Kier molecular flexibility index (Phi) is 7.17. The first-order valence-corrected chi connectivity index (χ1v) is 9.71. The van der Waals surface area contributed by atoms with E-state index in [1.54, 1.807) is 0 Å². The number of hydrogen-bond acceptors (Lipinski definition) is 4. The number of carboxylic acids is 1. The molecule has 7 heteroatoms. The standard InChI is InChI=1S/C12H23NO4S2/c1-18-8-7-11(12(14)15)13-19(16,17)9-10-5-3-2-4-6-10/h10-11,13H,2-9H2,1H3,(H,14,15)/t11-/m1/s1. The Balaban J connectivity index is 2.52. The van der Waals surface area contributed by atoms with E-state index in [0.717, 1.165) is 25.7 Å². The maximum Gasteiger partial charge on any atom is 0.321 e. The molecule has 0 aliphatic heterocycles. The predicted molar refractivity (Wildman–Crippen MR) is 77.9 cm³/mol. The molecule has 1 atom stereocenters. The van der Waals surface area contributed by atoms with Gasteiger partial charge >= 0.3 is 5.97 Å². The predicted octanol–water partition coefficient (Wildman–Crippen LogP) is 1.69. The van der Waals surface area contributed by atoms with Crippen LogP contribution < -0.4 is 4.72 Å². The molecule has 1 aliphatic carbocycles. The molecule has 5 nitrogen and oxygen atoms in total. The van der Waals surface area contributed by atoms with Gasteiger partial charge in [0.1, 0.15) is 6.04 Å². The van der Waals surface area contributed by atoms with Gasteiger partial charge in [-0.25, -0.2) is 13.1 Å². The average Bonchev–Trinajstić information content (AvgIpc) is 2.34. The molecule has 0 aromatic heterocycles. The van der Waals surface area contributed by atoms with Gasteiger partial charge in [0.25, 0.3) is 0 Å². The summed E-state index contributed by atoms with van der Waals surface area (Å²) in [7, 11) is -3.50. The normalized spacial score (nSPS) is 19.2. The van der Waals surface area contributed by atoms with E-state index in [1.165, 1.54) is 18.2 Å². The molecule has 0 bridgehead atoms. The Hall–Kier alpha value is -0.270. The number of hydrogen-bond donors (Lipinski definition) is 2. The first kappa shape index (κ1) is 16.8. The number of rotatable bonds is 8. The van der Waals surface area contributed by atoms with E-state index >= 15 is 0 Å². The Morgan fingerprint density at radius 1 is 1.37 bits per heavy atom. The molecule has 0 aromatic rings. The Morgan fingerprint density at radius 2 is 2.00 bits per heavy atom. The van der Waals surface area contributed by atoms with Crippen LogP contribution in [-0.2, 0) is 14.8 Å². The quantitative estimate of drug-likeness (QED) is 0.713. The molecule has 2 N–H and O–H groups in total. The summed E-state index contributed by atoms with van der Waals surface area (Å²) in [5.74, 6) is -0.221. The van der Waals surface area contributed by atoms with E-state index in [9.17, 15) is 13.2 Å². The molecule has 1 saturated carbocycles. The number of sulfonamides is 1. The minimum absolute atomic E-state index is 0.0655. The van der Waals surface area contributed by atoms with Crippen molar-refractivity contribution in [2.75, 3.05) is 17.8 Å². The van der Waals surface area contributed by atoms with E-state index in [2.05, 4.69) is 4.72 Å². The van der Waals surface area contributed by atoms with Crippen molar-refractivity contribution in [3.05, 3.63) is 0 Å². The summed E-state index contributed by atoms with van der Waals surface area (Å²) in [6.45, 7) is 0. The van der Waals surface area contributed by atoms with Crippen molar-refractivity contribution >= 4 is 27.8 Å². The molecule has 1 aliphatic rings. The zero-order valence-electron chi connectivity index (χ0n) is 11.3. The van der Waals surface area contributed by atoms with Gasteiger partial charge in [-0.1, -0.05) is 19.3 Å². The van der Waals surface area contributed by atoms with Gasteiger partial charge in [-0.2, -0.15) is 11.8 Å². The van der Waals surface area contributed by atoms with Gasteiger partial charge in [0.2, 0.25) is 10.0 Å². The molecule has 1 fully saturated rings. The van der Waals surface area contributed by atoms with Crippen LogP contribution in [0.2, 0.25) is 0 Å². The number of thioether (sulfide) groups is 1. The number of carboxylic acid groups (broad SMARTS) is 1. The Labute approximate surface area is 119 Å². The second-order valence-corrected chi connectivity index (χ2v) is 7.86. The molecule has 0 saturated heterocycles. The van der Waals surface area contributed by atoms with Crippen LogP contribution in [-0.4, -0.2) is 43.3 Å². The molecule has 0 radical (unpaired) electrons. The molecule has 0 heterocycles. The first-order chi connectivity index (χ1) is 8.94. The fourth-order valence-corrected chi connectivity index (χ4v) is 4.57. The molecule has 112 valence electrons. The molecular weight excluding hydrogens is 286 g/mol. The zero-order valence-corrected chi connectivity index (χ0v) is 12.9. The van der Waals surface area contributed by atoms with E-state index < -0.39 is 22.0 Å². The number of carbonyl (C=O) groups is 1. The summed E-state index contributed by atoms with van der Waals surface area (Å²) >= 11 is 1.51. The van der Waals surface area contributed by atoms with E-state index in [0.29, 0.717) is 12.2 Å². The minimum atomic E-state index is -3.50. The summed E-state index contributed by atoms with van der Waals surface area (Å²) in [5, 5.41) is 9.03. The topological polar surface area (TPSA) is 83.5 Å². The zero-order chi connectivity index (χ0) is 14.3. The summed E-state index contributed by atoms with van der Waals surface area (Å²) in [6, 6.07) is -0.999. The van der Waals surface area contributed by atoms with E-state index in [-0.39, 0.29) is 11.7 Å². The van der Waals surface area contributed by atoms with Gasteiger partial charge in [-0.05, 0) is 37.2 Å². The van der Waals surface area contributed by atoms with Crippen LogP contribution in [0, 0.1) is 5.92 Å². The van der Waals surface area contributed by atoms with E-state index in [4.69, 9.17) is 5.11 Å². The summed E-state index contributed by atoms with van der Waals surface area (Å²) in [5.41, 5.74) is 0. The van der Waals surface area contributed by atoms with Gasteiger partial charge < -0.3 is 5.11 Å². The molecule has 1 rings (SSSR count). The summed E-state index contributed by atoms with van der Waals surface area (Å²) in [4.78, 5) is 11.0. The maximum absolute atomic E-state index is 12.0. The molecular formula is C12H23NO4S2. The third-order valence-electron chi connectivity index (χ3n) is 3.41. The number of aliphatic carboxylic acids is 1. The summed E-state index contributed by atoms with van der Waals surface area (Å²) in [6.07, 6.45) is 7.39. The van der Waals surface area contributed by atoms with Crippen LogP contribution in [0.1, 0.15) is 38.5 Å². The first-order valence-electron chi connectivity index (χ1n) is 6.66. The fraction of sp³-hybridized carbons (Fsp3) is 0.917. The van der Waals surface area contributed by atoms with Crippen molar-refractivity contribution < 1.29 is 18.3 Å². The van der Waals surface area contributed by atoms with Crippen LogP contribution in [0.15, 0.2) is 0 Å². The summed E-state index contributed by atoms with van der Waals surface area (Å²) < 4.78 is 26.3. The molecule has 0 aromatic carbocycles. The van der Waals surface area contributed by atoms with Crippen molar-refractivity contribution in [1.29, 1.82) is 0 Å². The molecule has 0 spiro atoms. The lowest BCUT2D eigenvalue weighted by Crippen LogP contribution is -2.43. The van der Waals surface area contributed by atoms with Crippen molar-refractivity contribution in [2.45, 2.75) is 44.6 Å². The van der Waals surface area contributed by atoms with Crippen molar-refractivity contribution in [2.24, 2.45) is 5.92 Å². The third kappa shape index (κ3) is 6.63. The SMILES string of the molecule is CSCC[C@@H](NS(=O)(=O)CC1CCCCC1)C(=O)O. The van der Waals surface area contributed by atoms with Crippen LogP contribution in [0.4, 0.5) is 0 Å². The van der Waals surface area contributed by atoms with Crippen LogP contribution in [0.25, 0.3) is 0 Å². The van der Waals surface area contributed by atoms with Crippen molar-refractivity contribution in [3.8, 4) is 0 Å². The third-order valence-corrected chi connectivity index (χ3v) is 5.61. The smallest absolute Gasteiger partial charge is 0.321 e. The maximum atomic E-state index is 12.0. The van der Waals surface area contributed by atoms with Gasteiger partial charge in [0, 0.05) is 0 Å². The lowest BCUT2D eigenvalue weighted by Gasteiger charge is -2.22. The van der Waals surface area contributed by atoms with Gasteiger partial charge in [0.05, 0.1) is 5.75 Å². The molecule has 0 unspecified atom stereocenters. The van der Waals surface area contributed by atoms with Gasteiger partial charge in [0.15, 0.2) is 0 Å². The minimum Gasteiger partial charge on any atom is -0.480 e. The average molecular weight is 309 g/mol. The Morgan fingerprint density at radius 3 is 2.53 bits per heavy atom. The highest BCUT2D eigenvalue weighted by Gasteiger charge is 2.26. The monoisotopic (exact) mass is 309 g/mol. The lowest BCUT2D eigenvalue weighted by atomic mass is 9.91. The molecule has 19 heavy (non-hydrogen) atoms. The highest BCUT2D eigenvalue weighted by molar-refractivity contribution is 7.98. The Bertz CT molecular complexity index is 377. The fourth-order valence-electron chi connectivity index (χ4n) is 2.40. The highest BCUT2D eigenvalue weighted by atomic mass is 32.2. The highest BCUT2D eigenvalue weighted by Crippen LogP contribution is 2.24. The van der Waals surface area contributed by atoms with E-state index in [1.807, 2.05) is 6.26 Å². The van der Waals surface area contributed by atoms with Crippen molar-refractivity contribution in [3.63, 3.8) is 0 Å². The second kappa shape index (κ2) is 8.11. The number of nitrogens with one attached hydrogen (secondary N) is 1. The van der Waals surface area contributed by atoms with Crippen LogP contribution >= 0.6 is 11.8 Å². The van der Waals surface area contributed by atoms with Crippen molar-refractivity contribution in [1.82, 2.24) is 4.72 Å². The van der Waals surface area contributed by atoms with Crippen LogP contribution in [0.5, 0.6) is 0 Å². The van der Waals surface area contributed by atoms with Crippen LogP contribution in [0.3, 0.4) is 0 Å².